The van der Waals surface area contributed by atoms with E-state index in [4.69, 9.17) is 33.2 Å². The zero-order chi connectivity index (χ0) is 38.9. The molecule has 6 aliphatic heterocycles. The number of piperazine rings is 1. The number of hydrogen-bond donors (Lipinski definition) is 0. The standard InChI is InChI=1S/C41H58N2O11S2/c1-25(2)39-35(53-39)26(3)41-38(54-41)12-10-29-30(24-50-36(29)47)31(38)22-32-40(41,52-32)37(39)51-23-27(44)8-9-34(46)49-20-18-43-15-13-42(14-16-43)17-19-48-33(45)7-5-4-6-28-11-21-55-56-28/h25-26,28,31-32,35,37H,4-24H2,1-3H3/t26-,28?,31-,32-,35-,37+,38+,39-,40+,41+/m0/s1. The summed E-state index contributed by atoms with van der Waals surface area (Å²) in [6.45, 7) is 12.2. The number of nitrogens with zero attached hydrogens (tertiary/aromatic N) is 2. The van der Waals surface area contributed by atoms with Crippen LogP contribution in [0.15, 0.2) is 11.1 Å². The minimum Gasteiger partial charge on any atom is -0.464 e. The molecule has 56 heavy (non-hydrogen) atoms. The van der Waals surface area contributed by atoms with Crippen molar-refractivity contribution in [3.63, 3.8) is 0 Å². The molecule has 10 atom stereocenters. The van der Waals surface area contributed by atoms with Gasteiger partial charge in [-0.2, -0.15) is 0 Å². The number of ketones is 1. The molecule has 1 unspecified atom stereocenters. The Morgan fingerprint density at radius 2 is 1.70 bits per heavy atom. The third-order valence-electron chi connectivity index (χ3n) is 14.7. The number of epoxide rings is 3. The van der Waals surface area contributed by atoms with E-state index in [2.05, 4.69) is 30.6 Å². The van der Waals surface area contributed by atoms with Crippen LogP contribution in [0.3, 0.4) is 0 Å². The maximum Gasteiger partial charge on any atom is 0.334 e. The molecule has 5 saturated heterocycles. The first kappa shape index (κ1) is 39.7. The summed E-state index contributed by atoms with van der Waals surface area (Å²) in [5.41, 5.74) is -0.455. The van der Waals surface area contributed by atoms with E-state index in [1.54, 1.807) is 0 Å². The lowest BCUT2D eigenvalue weighted by Gasteiger charge is -2.47. The van der Waals surface area contributed by atoms with Crippen LogP contribution in [0.4, 0.5) is 0 Å². The Labute approximate surface area is 337 Å². The van der Waals surface area contributed by atoms with E-state index < -0.39 is 28.5 Å². The van der Waals surface area contributed by atoms with Gasteiger partial charge in [-0.1, -0.05) is 48.8 Å². The predicted molar refractivity (Wildman–Crippen MR) is 207 cm³/mol. The number of fused-ring (bicyclic) bond motifs is 2. The highest BCUT2D eigenvalue weighted by molar-refractivity contribution is 8.77. The Kier molecular flexibility index (Phi) is 10.9. The van der Waals surface area contributed by atoms with Crippen LogP contribution >= 0.6 is 21.6 Å². The van der Waals surface area contributed by atoms with Crippen LogP contribution in [0.2, 0.25) is 0 Å². The molecule has 0 amide bonds. The second kappa shape index (κ2) is 15.4. The topological polar surface area (TPSA) is 149 Å². The lowest BCUT2D eigenvalue weighted by Crippen LogP contribution is -2.68. The molecule has 0 aromatic rings. The molecule has 15 heteroatoms. The molecule has 3 spiro atoms. The Morgan fingerprint density at radius 3 is 2.39 bits per heavy atom. The maximum atomic E-state index is 13.2. The van der Waals surface area contributed by atoms with Crippen LogP contribution in [0.1, 0.15) is 85.0 Å². The van der Waals surface area contributed by atoms with Crippen LogP contribution in [0.25, 0.3) is 0 Å². The Morgan fingerprint density at radius 1 is 0.964 bits per heavy atom. The van der Waals surface area contributed by atoms with E-state index in [-0.39, 0.29) is 79.7 Å². The van der Waals surface area contributed by atoms with Crippen molar-refractivity contribution in [2.24, 2.45) is 17.8 Å². The highest BCUT2D eigenvalue weighted by Crippen LogP contribution is 2.84. The van der Waals surface area contributed by atoms with E-state index >= 15 is 0 Å². The predicted octanol–water partition coefficient (Wildman–Crippen LogP) is 3.89. The first-order valence-electron chi connectivity index (χ1n) is 21.2. The summed E-state index contributed by atoms with van der Waals surface area (Å²) in [7, 11) is 3.95. The van der Waals surface area contributed by atoms with Crippen LogP contribution in [0, 0.1) is 17.8 Å². The van der Waals surface area contributed by atoms with Gasteiger partial charge in [0, 0.05) is 80.5 Å². The van der Waals surface area contributed by atoms with Crippen molar-refractivity contribution >= 4 is 45.3 Å². The van der Waals surface area contributed by atoms with Crippen LogP contribution in [0.5, 0.6) is 0 Å². The molecule has 3 aliphatic carbocycles. The lowest BCUT2D eigenvalue weighted by molar-refractivity contribution is -0.147. The summed E-state index contributed by atoms with van der Waals surface area (Å²) in [4.78, 5) is 55.0. The fourth-order valence-corrected chi connectivity index (χ4v) is 14.7. The summed E-state index contributed by atoms with van der Waals surface area (Å²) >= 11 is 0. The van der Waals surface area contributed by atoms with Gasteiger partial charge < -0.3 is 33.2 Å². The van der Waals surface area contributed by atoms with E-state index in [1.165, 1.54) is 18.6 Å². The minimum atomic E-state index is -0.717. The molecular formula is C41H58N2O11S2. The average molecular weight is 819 g/mol. The smallest absolute Gasteiger partial charge is 0.334 e. The van der Waals surface area contributed by atoms with Crippen LogP contribution in [-0.2, 0) is 52.3 Å². The maximum absolute atomic E-state index is 13.2. The van der Waals surface area contributed by atoms with Gasteiger partial charge in [0.05, 0.1) is 18.6 Å². The van der Waals surface area contributed by atoms with Crippen LogP contribution < -0.4 is 0 Å². The number of Topliss-reactive ketones (excluding diaryl/α,β-unsaturated/α-hetero) is 1. The van der Waals surface area contributed by atoms with Crippen molar-refractivity contribution < 1.29 is 52.3 Å². The Hall–Kier alpha value is -1.72. The van der Waals surface area contributed by atoms with E-state index in [0.717, 1.165) is 74.8 Å². The SMILES string of the molecule is CC(C)[C@]12O[C@H]1[C@H](C)[C@@]13O[C@@]14CCC1=C(COC1=O)[C@@H]4C[C@@H]1O[C@@]13[C@@H]2OCC(=O)CCC(=O)OCCN1CCN(CCOC(=O)CCCCC2CCSS2)CC1. The molecule has 0 bridgehead atoms. The van der Waals surface area contributed by atoms with Gasteiger partial charge in [0.2, 0.25) is 0 Å². The first-order valence-corrected chi connectivity index (χ1v) is 23.6. The normalized spacial score (nSPS) is 40.5. The molecule has 6 heterocycles. The van der Waals surface area contributed by atoms with Gasteiger partial charge in [0.25, 0.3) is 0 Å². The number of ether oxygens (including phenoxy) is 7. The number of esters is 3. The highest BCUT2D eigenvalue weighted by Gasteiger charge is 3.01. The summed E-state index contributed by atoms with van der Waals surface area (Å²) in [6.07, 6.45) is 6.43. The number of carbonyl (C=O) groups is 4. The van der Waals surface area contributed by atoms with Crippen molar-refractivity contribution in [3.8, 4) is 0 Å². The highest BCUT2D eigenvalue weighted by atomic mass is 33.1. The fraction of sp³-hybridized carbons (Fsp3) is 0.854. The molecule has 310 valence electrons. The zero-order valence-electron chi connectivity index (χ0n) is 33.1. The van der Waals surface area contributed by atoms with Gasteiger partial charge in [-0.05, 0) is 50.0 Å². The molecule has 0 N–H and O–H groups in total. The van der Waals surface area contributed by atoms with Crippen molar-refractivity contribution in [1.29, 1.82) is 0 Å². The van der Waals surface area contributed by atoms with Gasteiger partial charge in [-0.15, -0.1) is 0 Å². The summed E-state index contributed by atoms with van der Waals surface area (Å²) in [6, 6.07) is 0. The number of carbonyl (C=O) groups excluding carboxylic acids is 4. The average Bonchev–Trinajstić information content (AvgIpc) is 4.12. The molecule has 0 aromatic carbocycles. The third-order valence-corrected chi connectivity index (χ3v) is 17.7. The first-order chi connectivity index (χ1) is 27.1. The van der Waals surface area contributed by atoms with Crippen molar-refractivity contribution in [2.45, 2.75) is 131 Å². The number of unbranched alkanes of at least 4 members (excludes halogenated alkanes) is 1. The van der Waals surface area contributed by atoms with Crippen molar-refractivity contribution in [1.82, 2.24) is 9.80 Å². The van der Waals surface area contributed by atoms with E-state index in [1.807, 2.05) is 21.6 Å². The third kappa shape index (κ3) is 6.51. The molecule has 2 saturated carbocycles. The number of rotatable bonds is 18. The molecule has 9 aliphatic rings. The largest absolute Gasteiger partial charge is 0.464 e. The summed E-state index contributed by atoms with van der Waals surface area (Å²) in [5, 5.41) is 0.755. The lowest BCUT2D eigenvalue weighted by atomic mass is 9.51. The molecular weight excluding hydrogens is 761 g/mol. The van der Waals surface area contributed by atoms with Crippen LogP contribution in [-0.4, -0.2) is 151 Å². The van der Waals surface area contributed by atoms with Gasteiger partial charge in [-0.3, -0.25) is 24.2 Å². The molecule has 0 radical (unpaired) electrons. The second-order valence-corrected chi connectivity index (χ2v) is 20.5. The van der Waals surface area contributed by atoms with Gasteiger partial charge >= 0.3 is 17.9 Å². The van der Waals surface area contributed by atoms with Gasteiger partial charge in [0.1, 0.15) is 49.3 Å². The quantitative estimate of drug-likeness (QED) is 0.0647. The summed E-state index contributed by atoms with van der Waals surface area (Å²) < 4.78 is 43.4. The van der Waals surface area contributed by atoms with Gasteiger partial charge in [0.15, 0.2) is 11.4 Å². The number of hydrogen-bond acceptors (Lipinski definition) is 15. The minimum absolute atomic E-state index is 0.00390. The molecule has 9 rings (SSSR count). The Balaban J connectivity index is 0.685. The summed E-state index contributed by atoms with van der Waals surface area (Å²) in [5.74, 6) is 0.670. The number of cyclic esters (lactones) is 1. The zero-order valence-corrected chi connectivity index (χ0v) is 34.7. The van der Waals surface area contributed by atoms with Crippen molar-refractivity contribution in [2.75, 3.05) is 71.4 Å². The Bertz CT molecular complexity index is 1610. The second-order valence-electron chi connectivity index (χ2n) is 17.8. The van der Waals surface area contributed by atoms with Gasteiger partial charge in [-0.25, -0.2) is 4.79 Å². The fourth-order valence-electron chi connectivity index (χ4n) is 11.7. The van der Waals surface area contributed by atoms with E-state index in [0.29, 0.717) is 32.6 Å². The molecule has 7 fully saturated rings. The van der Waals surface area contributed by atoms with Crippen molar-refractivity contribution in [3.05, 3.63) is 11.1 Å². The monoisotopic (exact) mass is 818 g/mol. The van der Waals surface area contributed by atoms with E-state index in [9.17, 15) is 19.2 Å². The molecule has 13 nitrogen and oxygen atoms in total. The molecule has 0 aromatic heterocycles.